The van der Waals surface area contributed by atoms with Crippen LogP contribution in [0.4, 0.5) is 0 Å². The van der Waals surface area contributed by atoms with E-state index in [4.69, 9.17) is 0 Å². The van der Waals surface area contributed by atoms with Crippen LogP contribution in [0.1, 0.15) is 5.56 Å². The molecule has 3 aromatic carbocycles. The van der Waals surface area contributed by atoms with E-state index in [0.717, 1.165) is 15.4 Å². The molecule has 1 N–H and O–H groups in total. The van der Waals surface area contributed by atoms with Crippen molar-refractivity contribution in [1.29, 1.82) is 0 Å². The Hall–Kier alpha value is -1.68. The van der Waals surface area contributed by atoms with Crippen molar-refractivity contribution in [2.45, 2.75) is 26.2 Å². The third-order valence-corrected chi connectivity index (χ3v) is 5.41. The third-order valence-electron chi connectivity index (χ3n) is 3.19. The highest BCUT2D eigenvalue weighted by molar-refractivity contribution is 8.00. The Kier molecular flexibility index (Phi) is 5.22. The van der Waals surface area contributed by atoms with E-state index in [1.807, 2.05) is 36.4 Å². The van der Waals surface area contributed by atoms with E-state index in [-0.39, 0.29) is 6.61 Å². The first-order valence-corrected chi connectivity index (χ1v) is 8.68. The van der Waals surface area contributed by atoms with Gasteiger partial charge in [-0.1, -0.05) is 66.0 Å². The van der Waals surface area contributed by atoms with Gasteiger partial charge in [-0.15, -0.1) is 0 Å². The van der Waals surface area contributed by atoms with Gasteiger partial charge in [-0.2, -0.15) is 0 Å². The second-order valence-corrected chi connectivity index (χ2v) is 6.95. The summed E-state index contributed by atoms with van der Waals surface area (Å²) in [6, 6.07) is 26.7. The van der Waals surface area contributed by atoms with E-state index < -0.39 is 0 Å². The quantitative estimate of drug-likeness (QED) is 0.671. The van der Waals surface area contributed by atoms with E-state index in [1.54, 1.807) is 23.5 Å². The van der Waals surface area contributed by atoms with Crippen LogP contribution in [-0.2, 0) is 6.61 Å². The van der Waals surface area contributed by atoms with Crippen molar-refractivity contribution in [3.05, 3.63) is 84.4 Å². The Balaban J connectivity index is 1.90. The van der Waals surface area contributed by atoms with Crippen LogP contribution < -0.4 is 0 Å². The van der Waals surface area contributed by atoms with Gasteiger partial charge in [0.15, 0.2) is 0 Å². The molecular formula is C19H16OS2. The normalized spacial score (nSPS) is 10.6. The van der Waals surface area contributed by atoms with Crippen molar-refractivity contribution in [2.24, 2.45) is 0 Å². The lowest BCUT2D eigenvalue weighted by atomic mass is 10.2. The minimum atomic E-state index is 0.0468. The molecule has 3 rings (SSSR count). The molecule has 0 aliphatic rings. The fourth-order valence-electron chi connectivity index (χ4n) is 2.12. The van der Waals surface area contributed by atoms with Crippen LogP contribution in [0.2, 0.25) is 0 Å². The molecule has 1 nitrogen and oxygen atoms in total. The molecule has 0 unspecified atom stereocenters. The molecule has 3 heteroatoms. The van der Waals surface area contributed by atoms with Crippen LogP contribution in [0.15, 0.2) is 98.4 Å². The van der Waals surface area contributed by atoms with Gasteiger partial charge in [0.2, 0.25) is 0 Å². The van der Waals surface area contributed by atoms with Crippen LogP contribution in [0, 0.1) is 0 Å². The van der Waals surface area contributed by atoms with Crippen molar-refractivity contribution >= 4 is 23.5 Å². The maximum absolute atomic E-state index is 9.83. The zero-order valence-electron chi connectivity index (χ0n) is 12.0. The van der Waals surface area contributed by atoms with Gasteiger partial charge in [0.1, 0.15) is 0 Å². The molecule has 0 heterocycles. The number of benzene rings is 3. The molecule has 3 aromatic rings. The Bertz CT molecular complexity index is 667. The molecule has 0 fully saturated rings. The van der Waals surface area contributed by atoms with Crippen molar-refractivity contribution in [1.82, 2.24) is 0 Å². The Morgan fingerprint density at radius 1 is 0.591 bits per heavy atom. The first-order valence-electron chi connectivity index (χ1n) is 7.05. The van der Waals surface area contributed by atoms with Crippen LogP contribution in [-0.4, -0.2) is 5.11 Å². The van der Waals surface area contributed by atoms with Crippen molar-refractivity contribution in [2.75, 3.05) is 0 Å². The minimum absolute atomic E-state index is 0.0468. The first-order chi connectivity index (χ1) is 10.9. The van der Waals surface area contributed by atoms with Crippen LogP contribution in [0.3, 0.4) is 0 Å². The summed E-state index contributed by atoms with van der Waals surface area (Å²) in [4.78, 5) is 4.57. The molecule has 22 heavy (non-hydrogen) atoms. The monoisotopic (exact) mass is 324 g/mol. The molecule has 0 radical (unpaired) electrons. The SMILES string of the molecule is OCc1c(Sc2ccccc2)cccc1Sc1ccccc1. The number of hydrogen-bond donors (Lipinski definition) is 1. The fourth-order valence-corrected chi connectivity index (χ4v) is 4.17. The largest absolute Gasteiger partial charge is 0.392 e. The molecule has 0 aliphatic carbocycles. The van der Waals surface area contributed by atoms with Crippen LogP contribution >= 0.6 is 23.5 Å². The summed E-state index contributed by atoms with van der Waals surface area (Å²) in [6.45, 7) is 0.0468. The summed E-state index contributed by atoms with van der Waals surface area (Å²) in [6.07, 6.45) is 0. The third kappa shape index (κ3) is 3.74. The van der Waals surface area contributed by atoms with Crippen molar-refractivity contribution < 1.29 is 5.11 Å². The van der Waals surface area contributed by atoms with E-state index in [0.29, 0.717) is 0 Å². The van der Waals surface area contributed by atoms with E-state index in [2.05, 4.69) is 42.5 Å². The Morgan fingerprint density at radius 3 is 1.45 bits per heavy atom. The summed E-state index contributed by atoms with van der Waals surface area (Å²) in [5.41, 5.74) is 0.991. The average Bonchev–Trinajstić information content (AvgIpc) is 2.57. The topological polar surface area (TPSA) is 20.2 Å². The molecule has 0 aromatic heterocycles. The van der Waals surface area contributed by atoms with Gasteiger partial charge >= 0.3 is 0 Å². The van der Waals surface area contributed by atoms with Crippen LogP contribution in [0.25, 0.3) is 0 Å². The van der Waals surface area contributed by atoms with Gasteiger partial charge in [-0.05, 0) is 36.4 Å². The number of aliphatic hydroxyl groups excluding tert-OH is 1. The highest BCUT2D eigenvalue weighted by Gasteiger charge is 2.10. The summed E-state index contributed by atoms with van der Waals surface area (Å²) in [7, 11) is 0. The van der Waals surface area contributed by atoms with Gasteiger partial charge in [-0.25, -0.2) is 0 Å². The molecule has 0 saturated carbocycles. The van der Waals surface area contributed by atoms with Gasteiger partial charge in [0.05, 0.1) is 6.61 Å². The van der Waals surface area contributed by atoms with Crippen molar-refractivity contribution in [3.63, 3.8) is 0 Å². The zero-order valence-corrected chi connectivity index (χ0v) is 13.6. The zero-order chi connectivity index (χ0) is 15.2. The predicted octanol–water partition coefficient (Wildman–Crippen LogP) is 5.48. The minimum Gasteiger partial charge on any atom is -0.392 e. The molecule has 0 aliphatic heterocycles. The standard InChI is InChI=1S/C19H16OS2/c20-14-17-18(21-15-8-3-1-4-9-15)12-7-13-19(17)22-16-10-5-2-6-11-16/h1-13,20H,14H2. The Morgan fingerprint density at radius 2 is 1.05 bits per heavy atom. The fraction of sp³-hybridized carbons (Fsp3) is 0.0526. The number of hydrogen-bond acceptors (Lipinski definition) is 3. The summed E-state index contributed by atoms with van der Waals surface area (Å²) >= 11 is 3.38. The van der Waals surface area contributed by atoms with Gasteiger partial charge in [0.25, 0.3) is 0 Å². The van der Waals surface area contributed by atoms with Gasteiger partial charge in [-0.3, -0.25) is 0 Å². The van der Waals surface area contributed by atoms with Crippen molar-refractivity contribution in [3.8, 4) is 0 Å². The van der Waals surface area contributed by atoms with Gasteiger partial charge < -0.3 is 5.11 Å². The smallest absolute Gasteiger partial charge is 0.0704 e. The summed E-state index contributed by atoms with van der Waals surface area (Å²) in [5.74, 6) is 0. The second-order valence-electron chi connectivity index (χ2n) is 4.72. The maximum atomic E-state index is 9.83. The lowest BCUT2D eigenvalue weighted by Crippen LogP contribution is -1.91. The van der Waals surface area contributed by atoms with E-state index in [1.165, 1.54) is 9.79 Å². The van der Waals surface area contributed by atoms with E-state index >= 15 is 0 Å². The predicted molar refractivity (Wildman–Crippen MR) is 93.5 cm³/mol. The van der Waals surface area contributed by atoms with Gasteiger partial charge in [0, 0.05) is 25.1 Å². The number of aliphatic hydroxyl groups is 1. The molecule has 0 spiro atoms. The lowest BCUT2D eigenvalue weighted by Gasteiger charge is -2.12. The molecule has 110 valence electrons. The lowest BCUT2D eigenvalue weighted by molar-refractivity contribution is 0.276. The highest BCUT2D eigenvalue weighted by Crippen LogP contribution is 2.37. The van der Waals surface area contributed by atoms with E-state index in [9.17, 15) is 5.11 Å². The molecule has 0 atom stereocenters. The average molecular weight is 324 g/mol. The maximum Gasteiger partial charge on any atom is 0.0704 e. The molecule has 0 saturated heterocycles. The Labute approximate surface area is 139 Å². The molecule has 0 amide bonds. The summed E-state index contributed by atoms with van der Waals surface area (Å²) < 4.78 is 0. The molecular weight excluding hydrogens is 308 g/mol. The van der Waals surface area contributed by atoms with Crippen LogP contribution in [0.5, 0.6) is 0 Å². The highest BCUT2D eigenvalue weighted by atomic mass is 32.2. The first kappa shape index (κ1) is 15.2. The molecule has 0 bridgehead atoms. The number of rotatable bonds is 5. The second kappa shape index (κ2) is 7.54. The summed E-state index contributed by atoms with van der Waals surface area (Å²) in [5, 5.41) is 9.83.